The highest BCUT2D eigenvalue weighted by atomic mass is 16.7. The number of nitrogens with one attached hydrogen (secondary N) is 2. The quantitative estimate of drug-likeness (QED) is 0.779. The number of H-pyrrole nitrogens is 1. The van der Waals surface area contributed by atoms with Crippen molar-refractivity contribution in [1.82, 2.24) is 15.3 Å². The fourth-order valence-corrected chi connectivity index (χ4v) is 2.61. The molecule has 0 saturated carbocycles. The summed E-state index contributed by atoms with van der Waals surface area (Å²) < 4.78 is 10.6. The number of amides is 1. The third-order valence-electron chi connectivity index (χ3n) is 3.75. The van der Waals surface area contributed by atoms with Gasteiger partial charge in [-0.3, -0.25) is 4.79 Å². The van der Waals surface area contributed by atoms with Gasteiger partial charge in [-0.05, 0) is 42.8 Å². The molecule has 1 amide bonds. The number of imidazole rings is 1. The second-order valence-electron chi connectivity index (χ2n) is 5.42. The van der Waals surface area contributed by atoms with E-state index in [1.54, 1.807) is 6.07 Å². The number of carbonyl (C=O) groups excluding carboxylic acids is 1. The van der Waals surface area contributed by atoms with E-state index in [0.29, 0.717) is 17.9 Å². The van der Waals surface area contributed by atoms with Crippen LogP contribution >= 0.6 is 0 Å². The van der Waals surface area contributed by atoms with Crippen LogP contribution in [0, 0.1) is 6.92 Å². The van der Waals surface area contributed by atoms with Crippen molar-refractivity contribution in [3.05, 3.63) is 53.3 Å². The molecular weight excluding hydrogens is 294 g/mol. The summed E-state index contributed by atoms with van der Waals surface area (Å²) in [7, 11) is 0. The molecular formula is C17H15N3O3. The second-order valence-corrected chi connectivity index (χ2v) is 5.42. The molecule has 0 bridgehead atoms. The van der Waals surface area contributed by atoms with Gasteiger partial charge in [0.2, 0.25) is 6.79 Å². The summed E-state index contributed by atoms with van der Waals surface area (Å²) in [6.45, 7) is 2.56. The molecule has 6 heteroatoms. The Labute approximate surface area is 132 Å². The number of aromatic nitrogens is 2. The van der Waals surface area contributed by atoms with Gasteiger partial charge < -0.3 is 19.8 Å². The minimum atomic E-state index is -0.128. The smallest absolute Gasteiger partial charge is 0.251 e. The molecule has 1 aliphatic heterocycles. The van der Waals surface area contributed by atoms with Crippen LogP contribution in [0.1, 0.15) is 21.7 Å². The van der Waals surface area contributed by atoms with Crippen LogP contribution in [0.3, 0.4) is 0 Å². The molecule has 0 fully saturated rings. The molecule has 0 aliphatic carbocycles. The molecule has 2 aromatic carbocycles. The average molecular weight is 309 g/mol. The number of hydrogen-bond donors (Lipinski definition) is 2. The van der Waals surface area contributed by atoms with Crippen molar-refractivity contribution in [2.45, 2.75) is 13.5 Å². The highest BCUT2D eigenvalue weighted by molar-refractivity contribution is 5.97. The highest BCUT2D eigenvalue weighted by Crippen LogP contribution is 2.32. The van der Waals surface area contributed by atoms with Gasteiger partial charge in [0.25, 0.3) is 5.91 Å². The first-order valence-electron chi connectivity index (χ1n) is 7.32. The van der Waals surface area contributed by atoms with Gasteiger partial charge in [-0.2, -0.15) is 0 Å². The van der Waals surface area contributed by atoms with E-state index in [4.69, 9.17) is 9.47 Å². The minimum Gasteiger partial charge on any atom is -0.454 e. The zero-order valence-corrected chi connectivity index (χ0v) is 12.6. The molecule has 1 aromatic heterocycles. The van der Waals surface area contributed by atoms with Gasteiger partial charge >= 0.3 is 0 Å². The molecule has 0 spiro atoms. The second kappa shape index (κ2) is 5.31. The van der Waals surface area contributed by atoms with Crippen LogP contribution < -0.4 is 14.8 Å². The zero-order valence-electron chi connectivity index (χ0n) is 12.6. The summed E-state index contributed by atoms with van der Waals surface area (Å²) in [6, 6.07) is 11.1. The standard InChI is InChI=1S/C17H15N3O3/c1-10-19-13-4-3-12(7-14(13)20-10)17(21)18-8-11-2-5-15-16(6-11)23-9-22-15/h2-7H,8-9H2,1H3,(H,18,21)(H,19,20). The number of nitrogens with zero attached hydrogens (tertiary/aromatic N) is 1. The van der Waals surface area contributed by atoms with Gasteiger partial charge in [0, 0.05) is 12.1 Å². The molecule has 0 unspecified atom stereocenters. The Balaban J connectivity index is 1.48. The number of carbonyl (C=O) groups is 1. The zero-order chi connectivity index (χ0) is 15.8. The van der Waals surface area contributed by atoms with Gasteiger partial charge in [-0.15, -0.1) is 0 Å². The highest BCUT2D eigenvalue weighted by Gasteiger charge is 2.14. The number of fused-ring (bicyclic) bond motifs is 2. The predicted octanol–water partition coefficient (Wildman–Crippen LogP) is 2.53. The van der Waals surface area contributed by atoms with Crippen molar-refractivity contribution in [1.29, 1.82) is 0 Å². The third-order valence-corrected chi connectivity index (χ3v) is 3.75. The first kappa shape index (κ1) is 13.6. The SMILES string of the molecule is Cc1nc2ccc(C(=O)NCc3ccc4c(c3)OCO4)cc2[nH]1. The molecule has 0 saturated heterocycles. The fourth-order valence-electron chi connectivity index (χ4n) is 2.61. The van der Waals surface area contributed by atoms with Crippen molar-refractivity contribution >= 4 is 16.9 Å². The summed E-state index contributed by atoms with van der Waals surface area (Å²) >= 11 is 0. The topological polar surface area (TPSA) is 76.2 Å². The van der Waals surface area contributed by atoms with Crippen LogP contribution in [0.5, 0.6) is 11.5 Å². The first-order chi connectivity index (χ1) is 11.2. The van der Waals surface area contributed by atoms with Gasteiger partial charge in [0.15, 0.2) is 11.5 Å². The lowest BCUT2D eigenvalue weighted by atomic mass is 10.1. The normalized spacial score (nSPS) is 12.6. The van der Waals surface area contributed by atoms with Crippen LogP contribution in [0.25, 0.3) is 11.0 Å². The molecule has 3 aromatic rings. The van der Waals surface area contributed by atoms with E-state index in [1.165, 1.54) is 0 Å². The van der Waals surface area contributed by atoms with Crippen molar-refractivity contribution in [3.63, 3.8) is 0 Å². The lowest BCUT2D eigenvalue weighted by molar-refractivity contribution is 0.0951. The Kier molecular flexibility index (Phi) is 3.15. The molecule has 1 aliphatic rings. The van der Waals surface area contributed by atoms with Crippen molar-refractivity contribution < 1.29 is 14.3 Å². The maximum atomic E-state index is 12.3. The number of ether oxygens (including phenoxy) is 2. The van der Waals surface area contributed by atoms with Gasteiger partial charge in [0.05, 0.1) is 11.0 Å². The van der Waals surface area contributed by atoms with E-state index < -0.39 is 0 Å². The Bertz CT molecular complexity index is 901. The number of hydrogen-bond acceptors (Lipinski definition) is 4. The van der Waals surface area contributed by atoms with Crippen LogP contribution in [0.2, 0.25) is 0 Å². The lowest BCUT2D eigenvalue weighted by Gasteiger charge is -2.06. The number of benzene rings is 2. The summed E-state index contributed by atoms with van der Waals surface area (Å²) in [5, 5.41) is 2.91. The lowest BCUT2D eigenvalue weighted by Crippen LogP contribution is -2.22. The minimum absolute atomic E-state index is 0.128. The molecule has 116 valence electrons. The monoisotopic (exact) mass is 309 g/mol. The Morgan fingerprint density at radius 1 is 1.22 bits per heavy atom. The van der Waals surface area contributed by atoms with Gasteiger partial charge in [-0.25, -0.2) is 4.98 Å². The van der Waals surface area contributed by atoms with Gasteiger partial charge in [-0.1, -0.05) is 6.07 Å². The molecule has 6 nitrogen and oxygen atoms in total. The van der Waals surface area contributed by atoms with E-state index in [1.807, 2.05) is 37.3 Å². The van der Waals surface area contributed by atoms with E-state index in [-0.39, 0.29) is 12.7 Å². The third kappa shape index (κ3) is 2.59. The number of rotatable bonds is 3. The maximum Gasteiger partial charge on any atom is 0.251 e. The van der Waals surface area contributed by atoms with Crippen molar-refractivity contribution in [2.75, 3.05) is 6.79 Å². The van der Waals surface area contributed by atoms with E-state index in [9.17, 15) is 4.79 Å². The van der Waals surface area contributed by atoms with Crippen LogP contribution in [-0.2, 0) is 6.54 Å². The summed E-state index contributed by atoms with van der Waals surface area (Å²) in [5.74, 6) is 2.15. The van der Waals surface area contributed by atoms with Gasteiger partial charge in [0.1, 0.15) is 5.82 Å². The largest absolute Gasteiger partial charge is 0.454 e. The Hall–Kier alpha value is -3.02. The Morgan fingerprint density at radius 3 is 3.00 bits per heavy atom. The summed E-state index contributed by atoms with van der Waals surface area (Å²) in [6.07, 6.45) is 0. The maximum absolute atomic E-state index is 12.3. The summed E-state index contributed by atoms with van der Waals surface area (Å²) in [4.78, 5) is 19.8. The Morgan fingerprint density at radius 2 is 2.09 bits per heavy atom. The predicted molar refractivity (Wildman–Crippen MR) is 84.6 cm³/mol. The summed E-state index contributed by atoms with van der Waals surface area (Å²) in [5.41, 5.74) is 3.27. The van der Waals surface area contributed by atoms with E-state index >= 15 is 0 Å². The number of aryl methyl sites for hydroxylation is 1. The molecule has 4 rings (SSSR count). The first-order valence-corrected chi connectivity index (χ1v) is 7.32. The molecule has 0 radical (unpaired) electrons. The molecule has 0 atom stereocenters. The van der Waals surface area contributed by atoms with E-state index in [2.05, 4.69) is 15.3 Å². The number of aromatic amines is 1. The van der Waals surface area contributed by atoms with Crippen LogP contribution in [0.15, 0.2) is 36.4 Å². The average Bonchev–Trinajstić information content (AvgIpc) is 3.16. The van der Waals surface area contributed by atoms with E-state index in [0.717, 1.165) is 28.2 Å². The van der Waals surface area contributed by atoms with Crippen molar-refractivity contribution in [2.24, 2.45) is 0 Å². The fraction of sp³-hybridized carbons (Fsp3) is 0.176. The molecule has 23 heavy (non-hydrogen) atoms. The molecule has 2 heterocycles. The molecule has 2 N–H and O–H groups in total. The van der Waals surface area contributed by atoms with Crippen LogP contribution in [-0.4, -0.2) is 22.7 Å². The van der Waals surface area contributed by atoms with Crippen molar-refractivity contribution in [3.8, 4) is 11.5 Å². The van der Waals surface area contributed by atoms with Crippen LogP contribution in [0.4, 0.5) is 0 Å².